The van der Waals surface area contributed by atoms with Crippen molar-refractivity contribution < 1.29 is 19.2 Å². The summed E-state index contributed by atoms with van der Waals surface area (Å²) in [6.07, 6.45) is 0. The predicted molar refractivity (Wildman–Crippen MR) is 101 cm³/mol. The van der Waals surface area contributed by atoms with Crippen molar-refractivity contribution in [3.8, 4) is 5.75 Å². The highest BCUT2D eigenvalue weighted by Crippen LogP contribution is 2.28. The molecular weight excluding hydrogens is 354 g/mol. The Labute approximate surface area is 157 Å². The third kappa shape index (κ3) is 3.98. The Balaban J connectivity index is 1.72. The molecule has 0 aliphatic carbocycles. The van der Waals surface area contributed by atoms with Gasteiger partial charge < -0.3 is 15.0 Å². The second kappa shape index (κ2) is 7.76. The van der Waals surface area contributed by atoms with Crippen LogP contribution < -0.4 is 19.9 Å². The van der Waals surface area contributed by atoms with Crippen LogP contribution in [0.15, 0.2) is 42.5 Å². The largest absolute Gasteiger partial charge is 0.496 e. The summed E-state index contributed by atoms with van der Waals surface area (Å²) in [4.78, 5) is 27.2. The third-order valence-electron chi connectivity index (χ3n) is 4.26. The quantitative estimate of drug-likeness (QED) is 0.830. The van der Waals surface area contributed by atoms with Gasteiger partial charge in [-0.3, -0.25) is 14.5 Å². The van der Waals surface area contributed by atoms with E-state index in [4.69, 9.17) is 16.3 Å². The first kappa shape index (κ1) is 18.2. The number of methoxy groups -OCH3 is 1. The van der Waals surface area contributed by atoms with E-state index >= 15 is 0 Å². The van der Waals surface area contributed by atoms with Gasteiger partial charge in [-0.1, -0.05) is 23.7 Å². The highest BCUT2D eigenvalue weighted by molar-refractivity contribution is 6.30. The second-order valence-electron chi connectivity index (χ2n) is 6.31. The van der Waals surface area contributed by atoms with Crippen molar-refractivity contribution in [1.82, 2.24) is 0 Å². The molecule has 0 fully saturated rings. The molecule has 0 saturated carbocycles. The van der Waals surface area contributed by atoms with Crippen LogP contribution in [-0.2, 0) is 16.1 Å². The number of ether oxygens (including phenoxy) is 1. The van der Waals surface area contributed by atoms with Gasteiger partial charge in [-0.15, -0.1) is 0 Å². The molecule has 1 aliphatic heterocycles. The minimum absolute atomic E-state index is 0.0314. The van der Waals surface area contributed by atoms with E-state index in [0.29, 0.717) is 17.3 Å². The molecule has 1 heterocycles. The Kier molecular flexibility index (Phi) is 5.44. The number of amides is 2. The Hall–Kier alpha value is -2.57. The van der Waals surface area contributed by atoms with Crippen molar-refractivity contribution in [2.75, 3.05) is 37.5 Å². The summed E-state index contributed by atoms with van der Waals surface area (Å²) < 4.78 is 5.36. The SMILES string of the molecule is COc1ccc(Cl)cc1C[NH+](C)CC(=O)N1CC(=O)Nc2ccccc21. The normalized spacial score (nSPS) is 14.4. The maximum Gasteiger partial charge on any atom is 0.282 e. The number of hydrogen-bond donors (Lipinski definition) is 2. The minimum Gasteiger partial charge on any atom is -0.496 e. The summed E-state index contributed by atoms with van der Waals surface area (Å²) >= 11 is 6.07. The summed E-state index contributed by atoms with van der Waals surface area (Å²) in [6, 6.07) is 12.7. The van der Waals surface area contributed by atoms with Crippen LogP contribution in [0.3, 0.4) is 0 Å². The molecule has 3 rings (SSSR count). The fourth-order valence-corrected chi connectivity index (χ4v) is 3.28. The molecule has 7 heteroatoms. The van der Waals surface area contributed by atoms with E-state index in [2.05, 4.69) is 5.32 Å². The molecule has 2 aromatic rings. The smallest absolute Gasteiger partial charge is 0.282 e. The van der Waals surface area contributed by atoms with Crippen LogP contribution in [0.4, 0.5) is 11.4 Å². The molecule has 0 saturated heterocycles. The maximum atomic E-state index is 12.8. The zero-order valence-corrected chi connectivity index (χ0v) is 15.5. The number of hydrogen-bond acceptors (Lipinski definition) is 3. The summed E-state index contributed by atoms with van der Waals surface area (Å²) in [5.41, 5.74) is 2.32. The molecule has 26 heavy (non-hydrogen) atoms. The van der Waals surface area contributed by atoms with Crippen LogP contribution >= 0.6 is 11.6 Å². The first-order valence-electron chi connectivity index (χ1n) is 8.31. The molecule has 1 unspecified atom stereocenters. The lowest BCUT2D eigenvalue weighted by Crippen LogP contribution is -3.09. The molecule has 6 nitrogen and oxygen atoms in total. The van der Waals surface area contributed by atoms with Gasteiger partial charge in [0.25, 0.3) is 5.91 Å². The maximum absolute atomic E-state index is 12.8. The molecule has 2 N–H and O–H groups in total. The van der Waals surface area contributed by atoms with Crippen LogP contribution in [0.1, 0.15) is 5.56 Å². The van der Waals surface area contributed by atoms with Crippen molar-refractivity contribution in [3.05, 3.63) is 53.1 Å². The van der Waals surface area contributed by atoms with E-state index in [9.17, 15) is 9.59 Å². The number of benzene rings is 2. The monoisotopic (exact) mass is 374 g/mol. The van der Waals surface area contributed by atoms with Gasteiger partial charge in [-0.2, -0.15) is 0 Å². The van der Waals surface area contributed by atoms with Gasteiger partial charge in [-0.05, 0) is 30.3 Å². The standard InChI is InChI=1S/C19H20ClN3O3/c1-22(10-13-9-14(20)7-8-17(13)26-2)12-19(25)23-11-18(24)21-15-5-3-4-6-16(15)23/h3-9H,10-12H2,1-2H3,(H,21,24)/p+1. The number of anilines is 2. The Morgan fingerprint density at radius 2 is 2.08 bits per heavy atom. The number of rotatable bonds is 5. The second-order valence-corrected chi connectivity index (χ2v) is 6.75. The summed E-state index contributed by atoms with van der Waals surface area (Å²) in [5, 5.41) is 3.41. The first-order chi connectivity index (χ1) is 12.5. The first-order valence-corrected chi connectivity index (χ1v) is 8.68. The van der Waals surface area contributed by atoms with E-state index < -0.39 is 0 Å². The Bertz CT molecular complexity index is 841. The molecule has 0 radical (unpaired) electrons. The zero-order valence-electron chi connectivity index (χ0n) is 14.7. The molecule has 0 bridgehead atoms. The van der Waals surface area contributed by atoms with E-state index in [1.54, 1.807) is 19.2 Å². The van der Waals surface area contributed by atoms with Crippen molar-refractivity contribution in [3.63, 3.8) is 0 Å². The molecular formula is C19H21ClN3O3+. The van der Waals surface area contributed by atoms with Crippen LogP contribution in [0, 0.1) is 0 Å². The van der Waals surface area contributed by atoms with Crippen molar-refractivity contribution >= 4 is 34.8 Å². The minimum atomic E-state index is -0.189. The number of fused-ring (bicyclic) bond motifs is 1. The lowest BCUT2D eigenvalue weighted by molar-refractivity contribution is -0.885. The number of para-hydroxylation sites is 2. The van der Waals surface area contributed by atoms with Crippen molar-refractivity contribution in [2.24, 2.45) is 0 Å². The number of carbonyl (C=O) groups is 2. The van der Waals surface area contributed by atoms with Gasteiger partial charge >= 0.3 is 0 Å². The van der Waals surface area contributed by atoms with Gasteiger partial charge in [0, 0.05) is 10.6 Å². The molecule has 2 amide bonds. The van der Waals surface area contributed by atoms with E-state index in [0.717, 1.165) is 21.9 Å². The summed E-state index contributed by atoms with van der Waals surface area (Å²) in [5.74, 6) is 0.445. The van der Waals surface area contributed by atoms with Gasteiger partial charge in [0.2, 0.25) is 5.91 Å². The van der Waals surface area contributed by atoms with E-state index in [1.165, 1.54) is 4.90 Å². The van der Waals surface area contributed by atoms with Crippen molar-refractivity contribution in [1.29, 1.82) is 0 Å². The Morgan fingerprint density at radius 1 is 1.31 bits per heavy atom. The van der Waals surface area contributed by atoms with Crippen LogP contribution in [0.2, 0.25) is 5.02 Å². The van der Waals surface area contributed by atoms with E-state index in [1.807, 2.05) is 37.4 Å². The molecule has 2 aromatic carbocycles. The van der Waals surface area contributed by atoms with Crippen LogP contribution in [-0.4, -0.2) is 39.1 Å². The fourth-order valence-electron chi connectivity index (χ4n) is 3.08. The van der Waals surface area contributed by atoms with Gasteiger partial charge in [0.1, 0.15) is 18.8 Å². The van der Waals surface area contributed by atoms with Crippen LogP contribution in [0.5, 0.6) is 5.75 Å². The molecule has 136 valence electrons. The third-order valence-corrected chi connectivity index (χ3v) is 4.49. The summed E-state index contributed by atoms with van der Waals surface area (Å²) in [6.45, 7) is 0.859. The fraction of sp³-hybridized carbons (Fsp3) is 0.263. The van der Waals surface area contributed by atoms with Gasteiger partial charge in [0.15, 0.2) is 6.54 Å². The van der Waals surface area contributed by atoms with Gasteiger partial charge in [-0.25, -0.2) is 0 Å². The number of nitrogens with zero attached hydrogens (tertiary/aromatic N) is 1. The molecule has 0 aromatic heterocycles. The lowest BCUT2D eigenvalue weighted by Gasteiger charge is -2.29. The lowest BCUT2D eigenvalue weighted by atomic mass is 10.1. The van der Waals surface area contributed by atoms with Crippen LogP contribution in [0.25, 0.3) is 0 Å². The number of halogens is 1. The number of likely N-dealkylation sites (N-methyl/N-ethyl adjacent to an activating group) is 1. The number of carbonyl (C=O) groups excluding carboxylic acids is 2. The number of quaternary nitrogens is 1. The Morgan fingerprint density at radius 3 is 2.85 bits per heavy atom. The topological polar surface area (TPSA) is 63.1 Å². The highest BCUT2D eigenvalue weighted by Gasteiger charge is 2.28. The van der Waals surface area contributed by atoms with E-state index in [-0.39, 0.29) is 24.9 Å². The predicted octanol–water partition coefficient (Wildman–Crippen LogP) is 1.35. The zero-order chi connectivity index (χ0) is 18.7. The molecule has 1 aliphatic rings. The van der Waals surface area contributed by atoms with Crippen molar-refractivity contribution in [2.45, 2.75) is 6.54 Å². The highest BCUT2D eigenvalue weighted by atomic mass is 35.5. The molecule has 0 spiro atoms. The molecule has 1 atom stereocenters. The average molecular weight is 375 g/mol. The average Bonchev–Trinajstić information content (AvgIpc) is 2.61. The summed E-state index contributed by atoms with van der Waals surface area (Å²) in [7, 11) is 3.53. The van der Waals surface area contributed by atoms with Gasteiger partial charge in [0.05, 0.1) is 25.5 Å². The number of nitrogens with one attached hydrogen (secondary N) is 2.